The first-order valence-electron chi connectivity index (χ1n) is 23.5. The van der Waals surface area contributed by atoms with Crippen molar-refractivity contribution in [1.29, 1.82) is 0 Å². The minimum Gasteiger partial charge on any atom is -0.462 e. The summed E-state index contributed by atoms with van der Waals surface area (Å²) in [7, 11) is -4.61. The first-order chi connectivity index (χ1) is 29.0. The van der Waals surface area contributed by atoms with Gasteiger partial charge >= 0.3 is 11.9 Å². The Labute approximate surface area is 363 Å². The second-order valence-corrected chi connectivity index (χ2v) is 17.9. The zero-order chi connectivity index (χ0) is 44.1. The number of esters is 2. The lowest BCUT2D eigenvalue weighted by Gasteiger charge is -2.40. The maximum absolute atomic E-state index is 12.8. The lowest BCUT2D eigenvalue weighted by Crippen LogP contribution is -2.60. The highest BCUT2D eigenvalue weighted by molar-refractivity contribution is 7.85. The van der Waals surface area contributed by atoms with E-state index in [2.05, 4.69) is 50.3 Å². The summed E-state index contributed by atoms with van der Waals surface area (Å²) in [6, 6.07) is 0. The molecule has 60 heavy (non-hydrogen) atoms. The van der Waals surface area contributed by atoms with Crippen LogP contribution in [0.5, 0.6) is 0 Å². The van der Waals surface area contributed by atoms with Crippen LogP contribution in [0.1, 0.15) is 194 Å². The topological polar surface area (TPSA) is 186 Å². The number of unbranched alkanes of at least 4 members (excludes halogenated alkanes) is 21. The van der Waals surface area contributed by atoms with Gasteiger partial charge in [0.15, 0.2) is 12.4 Å². The van der Waals surface area contributed by atoms with Crippen molar-refractivity contribution in [2.75, 3.05) is 19.0 Å². The summed E-state index contributed by atoms with van der Waals surface area (Å²) >= 11 is 0. The average Bonchev–Trinajstić information content (AvgIpc) is 3.21. The molecule has 0 bridgehead atoms. The summed E-state index contributed by atoms with van der Waals surface area (Å²) in [6.07, 6.45) is 33.3. The minimum absolute atomic E-state index is 0.156. The number of hydrogen-bond acceptors (Lipinski definition) is 11. The Morgan fingerprint density at radius 3 is 1.53 bits per heavy atom. The van der Waals surface area contributed by atoms with E-state index in [0.717, 1.165) is 51.4 Å². The molecule has 6 atom stereocenters. The van der Waals surface area contributed by atoms with Crippen LogP contribution in [0, 0.1) is 0 Å². The Kier molecular flexibility index (Phi) is 34.9. The van der Waals surface area contributed by atoms with Crippen molar-refractivity contribution in [1.82, 2.24) is 0 Å². The van der Waals surface area contributed by atoms with E-state index in [-0.39, 0.29) is 19.4 Å². The monoisotopic (exact) mass is 873 g/mol. The first-order valence-corrected chi connectivity index (χ1v) is 25.2. The van der Waals surface area contributed by atoms with Gasteiger partial charge in [-0.3, -0.25) is 14.1 Å². The first kappa shape index (κ1) is 55.9. The fourth-order valence-electron chi connectivity index (χ4n) is 7.00. The molecule has 2 unspecified atom stereocenters. The summed E-state index contributed by atoms with van der Waals surface area (Å²) < 4.78 is 54.1. The van der Waals surface area contributed by atoms with Gasteiger partial charge in [0.1, 0.15) is 36.8 Å². The van der Waals surface area contributed by atoms with E-state index in [0.29, 0.717) is 12.8 Å². The van der Waals surface area contributed by atoms with Crippen LogP contribution in [0.15, 0.2) is 36.5 Å². The number of allylic oxidation sites excluding steroid dienone is 6. The second-order valence-electron chi connectivity index (χ2n) is 16.4. The van der Waals surface area contributed by atoms with Gasteiger partial charge in [-0.15, -0.1) is 0 Å². The fourth-order valence-corrected chi connectivity index (χ4v) is 7.69. The van der Waals surface area contributed by atoms with Crippen LogP contribution in [0.3, 0.4) is 0 Å². The van der Waals surface area contributed by atoms with Gasteiger partial charge in [0.25, 0.3) is 10.1 Å². The highest BCUT2D eigenvalue weighted by atomic mass is 32.2. The van der Waals surface area contributed by atoms with Crippen molar-refractivity contribution < 1.29 is 56.8 Å². The van der Waals surface area contributed by atoms with Crippen LogP contribution >= 0.6 is 0 Å². The molecule has 1 saturated heterocycles. The van der Waals surface area contributed by atoms with Crippen molar-refractivity contribution in [3.05, 3.63) is 36.5 Å². The predicted molar refractivity (Wildman–Crippen MR) is 238 cm³/mol. The smallest absolute Gasteiger partial charge is 0.306 e. The molecule has 1 aliphatic rings. The quantitative estimate of drug-likeness (QED) is 0.0199. The highest BCUT2D eigenvalue weighted by Gasteiger charge is 2.46. The summed E-state index contributed by atoms with van der Waals surface area (Å²) in [5.41, 5.74) is 0. The summed E-state index contributed by atoms with van der Waals surface area (Å²) in [5.74, 6) is -2.02. The zero-order valence-electron chi connectivity index (χ0n) is 37.3. The molecule has 0 radical (unpaired) electrons. The normalized spacial score (nSPS) is 20.4. The number of aliphatic hydroxyl groups is 3. The molecule has 13 heteroatoms. The van der Waals surface area contributed by atoms with Gasteiger partial charge in [-0.1, -0.05) is 147 Å². The number of aliphatic hydroxyl groups excluding tert-OH is 3. The standard InChI is InChI=1S/C47H84O12S/c1-3-5-7-9-11-13-15-17-19-20-22-24-26-28-30-32-34-36-43(49)58-40(38-57-47-46(52)45(51)44(50)41(59-47)39-60(53,54)55)37-56-42(48)35-33-31-29-27-25-23-21-18-16-14-12-10-8-6-4-2/h13,15,18,21,25,27,40-41,44-47,50-52H,3-12,14,16-17,19-20,22-24,26,28-39H2,1-2H3,(H,53,54,55)/b15-13+,21-18+,27-25+/t40-,41-,44-,45?,46?,47+/m1/s1. The van der Waals surface area contributed by atoms with Crippen LogP contribution in [0.25, 0.3) is 0 Å². The van der Waals surface area contributed by atoms with Crippen LogP contribution in [0.4, 0.5) is 0 Å². The van der Waals surface area contributed by atoms with Gasteiger partial charge in [-0.25, -0.2) is 0 Å². The van der Waals surface area contributed by atoms with Crippen molar-refractivity contribution in [3.63, 3.8) is 0 Å². The molecule has 1 rings (SSSR count). The summed E-state index contributed by atoms with van der Waals surface area (Å²) in [4.78, 5) is 25.4. The van der Waals surface area contributed by atoms with Gasteiger partial charge in [0, 0.05) is 12.8 Å². The van der Waals surface area contributed by atoms with E-state index in [1.807, 2.05) is 0 Å². The molecule has 0 saturated carbocycles. The Balaban J connectivity index is 2.45. The number of ether oxygens (including phenoxy) is 4. The van der Waals surface area contributed by atoms with E-state index < -0.39 is 71.2 Å². The van der Waals surface area contributed by atoms with E-state index in [4.69, 9.17) is 18.9 Å². The summed E-state index contributed by atoms with van der Waals surface area (Å²) in [5, 5.41) is 30.9. The Bertz CT molecular complexity index is 1250. The Hall–Kier alpha value is -2.13. The van der Waals surface area contributed by atoms with Gasteiger partial charge in [-0.2, -0.15) is 8.42 Å². The predicted octanol–water partition coefficient (Wildman–Crippen LogP) is 9.78. The SMILES string of the molecule is CCCCCC/C=C/CCCCCCCCCCCC(=O)O[C@H](COC(=O)CCCC/C=C/C/C=C/CCCCCCCC)CO[C@H]1O[C@H](CS(=O)(=O)O)[C@@H](O)C(O)C1O. The molecule has 1 heterocycles. The molecule has 12 nitrogen and oxygen atoms in total. The third kappa shape index (κ3) is 31.7. The van der Waals surface area contributed by atoms with Crippen molar-refractivity contribution >= 4 is 22.1 Å². The van der Waals surface area contributed by atoms with Gasteiger partial charge in [0.05, 0.1) is 6.61 Å². The third-order valence-electron chi connectivity index (χ3n) is 10.7. The Morgan fingerprint density at radius 2 is 1.00 bits per heavy atom. The molecular formula is C47H84O12S. The molecule has 0 amide bonds. The average molecular weight is 873 g/mol. The molecule has 350 valence electrons. The molecule has 1 fully saturated rings. The lowest BCUT2D eigenvalue weighted by molar-refractivity contribution is -0.297. The van der Waals surface area contributed by atoms with Crippen LogP contribution < -0.4 is 0 Å². The maximum Gasteiger partial charge on any atom is 0.306 e. The number of carbonyl (C=O) groups is 2. The van der Waals surface area contributed by atoms with Crippen molar-refractivity contribution in [2.24, 2.45) is 0 Å². The third-order valence-corrected chi connectivity index (χ3v) is 11.4. The molecule has 4 N–H and O–H groups in total. The molecule has 0 aromatic heterocycles. The molecular weight excluding hydrogens is 789 g/mol. The van der Waals surface area contributed by atoms with E-state index >= 15 is 0 Å². The van der Waals surface area contributed by atoms with Crippen LogP contribution in [-0.4, -0.2) is 96.0 Å². The van der Waals surface area contributed by atoms with Gasteiger partial charge in [-0.05, 0) is 70.6 Å². The maximum atomic E-state index is 12.8. The fraction of sp³-hybridized carbons (Fsp3) is 0.830. The second kappa shape index (κ2) is 37.4. The number of carbonyl (C=O) groups excluding carboxylic acids is 2. The zero-order valence-corrected chi connectivity index (χ0v) is 38.1. The van der Waals surface area contributed by atoms with E-state index in [1.165, 1.54) is 103 Å². The van der Waals surface area contributed by atoms with Crippen molar-refractivity contribution in [3.8, 4) is 0 Å². The van der Waals surface area contributed by atoms with E-state index in [1.54, 1.807) is 0 Å². The molecule has 0 aromatic carbocycles. The number of hydrogen-bond donors (Lipinski definition) is 4. The lowest BCUT2D eigenvalue weighted by atomic mass is 10.00. The highest BCUT2D eigenvalue weighted by Crippen LogP contribution is 2.24. The van der Waals surface area contributed by atoms with Gasteiger partial charge < -0.3 is 34.3 Å². The number of rotatable bonds is 39. The minimum atomic E-state index is -4.61. The van der Waals surface area contributed by atoms with Gasteiger partial charge in [0.2, 0.25) is 0 Å². The van der Waals surface area contributed by atoms with Crippen molar-refractivity contribution in [2.45, 2.75) is 230 Å². The van der Waals surface area contributed by atoms with E-state index in [9.17, 15) is 37.9 Å². The largest absolute Gasteiger partial charge is 0.462 e. The molecule has 0 aliphatic carbocycles. The Morgan fingerprint density at radius 1 is 0.567 bits per heavy atom. The molecule has 0 aromatic rings. The van der Waals surface area contributed by atoms with Crippen LogP contribution in [0.2, 0.25) is 0 Å². The molecule has 1 aliphatic heterocycles. The summed E-state index contributed by atoms with van der Waals surface area (Å²) in [6.45, 7) is 3.72. The van der Waals surface area contributed by atoms with Crippen LogP contribution in [-0.2, 0) is 38.7 Å². The molecule has 0 spiro atoms.